The Morgan fingerprint density at radius 3 is 2.50 bits per heavy atom. The molecule has 0 spiro atoms. The van der Waals surface area contributed by atoms with Gasteiger partial charge in [-0.25, -0.2) is 0 Å². The Morgan fingerprint density at radius 1 is 1.14 bits per heavy atom. The van der Waals surface area contributed by atoms with Crippen molar-refractivity contribution in [2.75, 3.05) is 17.7 Å². The zero-order valence-electron chi connectivity index (χ0n) is 8.51. The minimum atomic E-state index is 0.571. The molecule has 14 heavy (non-hydrogen) atoms. The first-order chi connectivity index (χ1) is 6.88. The van der Waals surface area contributed by atoms with E-state index in [1.807, 2.05) is 7.05 Å². The predicted octanol–water partition coefficient (Wildman–Crippen LogP) is 1.59. The first-order valence-corrected chi connectivity index (χ1v) is 5.25. The lowest BCUT2D eigenvalue weighted by atomic mass is 9.96. The predicted molar refractivity (Wildman–Crippen MR) is 56.4 cm³/mol. The van der Waals surface area contributed by atoms with E-state index in [9.17, 15) is 0 Å². The molecule has 0 atom stereocenters. The normalized spacial score (nSPS) is 18.1. The van der Waals surface area contributed by atoms with Crippen LogP contribution in [0.5, 0.6) is 0 Å². The van der Waals surface area contributed by atoms with Crippen LogP contribution in [-0.2, 0) is 0 Å². The van der Waals surface area contributed by atoms with Crippen LogP contribution >= 0.6 is 0 Å². The maximum Gasteiger partial charge on any atom is 0.223 e. The summed E-state index contributed by atoms with van der Waals surface area (Å²) in [6, 6.07) is 0.571. The third-order valence-electron chi connectivity index (χ3n) is 2.67. The lowest BCUT2D eigenvalue weighted by Gasteiger charge is -2.21. The minimum Gasteiger partial charge on any atom is -0.358 e. The van der Waals surface area contributed by atoms with Crippen LogP contribution in [-0.4, -0.2) is 28.3 Å². The molecule has 0 bridgehead atoms. The Labute approximate surface area is 83.7 Å². The number of nitrogens with zero attached hydrogens (tertiary/aromatic N) is 2. The number of anilines is 2. The highest BCUT2D eigenvalue weighted by atomic mass is 15.3. The summed E-state index contributed by atoms with van der Waals surface area (Å²) in [7, 11) is 1.82. The topological polar surface area (TPSA) is 65.6 Å². The number of hydrogen-bond acceptors (Lipinski definition) is 4. The Kier molecular flexibility index (Phi) is 2.86. The van der Waals surface area contributed by atoms with Crippen LogP contribution < -0.4 is 10.6 Å². The fourth-order valence-electron chi connectivity index (χ4n) is 1.88. The van der Waals surface area contributed by atoms with Crippen molar-refractivity contribution in [3.63, 3.8) is 0 Å². The molecule has 5 nitrogen and oxygen atoms in total. The molecule has 2 rings (SSSR count). The first kappa shape index (κ1) is 9.30. The summed E-state index contributed by atoms with van der Waals surface area (Å²) in [5.41, 5.74) is 0. The summed E-state index contributed by atoms with van der Waals surface area (Å²) < 4.78 is 0. The van der Waals surface area contributed by atoms with Gasteiger partial charge in [0.2, 0.25) is 11.9 Å². The van der Waals surface area contributed by atoms with Crippen molar-refractivity contribution in [1.82, 2.24) is 15.2 Å². The summed E-state index contributed by atoms with van der Waals surface area (Å²) in [4.78, 5) is 3.07. The molecule has 1 aliphatic rings. The van der Waals surface area contributed by atoms with Crippen molar-refractivity contribution in [1.29, 1.82) is 0 Å². The van der Waals surface area contributed by atoms with E-state index in [1.165, 1.54) is 32.1 Å². The third-order valence-corrected chi connectivity index (χ3v) is 2.67. The molecular formula is C9H17N5. The molecule has 0 aromatic carbocycles. The number of aromatic amines is 1. The Balaban J connectivity index is 1.89. The van der Waals surface area contributed by atoms with Gasteiger partial charge in [-0.2, -0.15) is 0 Å². The minimum absolute atomic E-state index is 0.571. The molecule has 5 heteroatoms. The summed E-state index contributed by atoms with van der Waals surface area (Å²) in [5.74, 6) is 1.49. The highest BCUT2D eigenvalue weighted by Crippen LogP contribution is 2.20. The van der Waals surface area contributed by atoms with E-state index in [-0.39, 0.29) is 0 Å². The monoisotopic (exact) mass is 195 g/mol. The summed E-state index contributed by atoms with van der Waals surface area (Å²) in [5, 5.41) is 14.2. The number of H-pyrrole nitrogens is 1. The molecule has 78 valence electrons. The van der Waals surface area contributed by atoms with Crippen LogP contribution in [0.2, 0.25) is 0 Å². The van der Waals surface area contributed by atoms with Crippen molar-refractivity contribution >= 4 is 11.9 Å². The molecule has 0 radical (unpaired) electrons. The van der Waals surface area contributed by atoms with E-state index in [0.717, 1.165) is 5.95 Å². The van der Waals surface area contributed by atoms with Gasteiger partial charge in [0.25, 0.3) is 0 Å². The van der Waals surface area contributed by atoms with E-state index in [1.54, 1.807) is 0 Å². The molecule has 0 saturated heterocycles. The van der Waals surface area contributed by atoms with E-state index >= 15 is 0 Å². The highest BCUT2D eigenvalue weighted by Gasteiger charge is 2.14. The molecule has 0 aliphatic heterocycles. The van der Waals surface area contributed by atoms with Gasteiger partial charge in [0.1, 0.15) is 0 Å². The molecular weight excluding hydrogens is 178 g/mol. The van der Waals surface area contributed by atoms with Gasteiger partial charge < -0.3 is 10.6 Å². The van der Waals surface area contributed by atoms with Crippen LogP contribution in [0.4, 0.5) is 11.9 Å². The molecule has 0 amide bonds. The maximum absolute atomic E-state index is 4.00. The largest absolute Gasteiger partial charge is 0.358 e. The number of aromatic nitrogens is 3. The Morgan fingerprint density at radius 2 is 1.86 bits per heavy atom. The van der Waals surface area contributed by atoms with Gasteiger partial charge in [0, 0.05) is 13.1 Å². The molecule has 1 aromatic rings. The summed E-state index contributed by atoms with van der Waals surface area (Å²) in [6.07, 6.45) is 6.51. The van der Waals surface area contributed by atoms with Gasteiger partial charge in [0.05, 0.1) is 0 Å². The second kappa shape index (κ2) is 4.30. The SMILES string of the molecule is CNc1nnc(NC2CCCCC2)[nH]1. The fraction of sp³-hybridized carbons (Fsp3) is 0.778. The fourth-order valence-corrected chi connectivity index (χ4v) is 1.88. The van der Waals surface area contributed by atoms with Crippen molar-refractivity contribution < 1.29 is 0 Å². The van der Waals surface area contributed by atoms with Gasteiger partial charge in [-0.3, -0.25) is 4.98 Å². The van der Waals surface area contributed by atoms with Crippen molar-refractivity contribution in [2.24, 2.45) is 0 Å². The van der Waals surface area contributed by atoms with E-state index in [0.29, 0.717) is 12.0 Å². The summed E-state index contributed by atoms with van der Waals surface area (Å²) in [6.45, 7) is 0. The maximum atomic E-state index is 4.00. The molecule has 1 aliphatic carbocycles. The van der Waals surface area contributed by atoms with Crippen LogP contribution in [0, 0.1) is 0 Å². The molecule has 0 unspecified atom stereocenters. The molecule has 3 N–H and O–H groups in total. The number of hydrogen-bond donors (Lipinski definition) is 3. The standard InChI is InChI=1S/C9H17N5/c1-10-8-12-9(14-13-8)11-7-5-3-2-4-6-7/h7H,2-6H2,1H3,(H3,10,11,12,13,14). The quantitative estimate of drug-likeness (QED) is 0.685. The van der Waals surface area contributed by atoms with Crippen LogP contribution in [0.15, 0.2) is 0 Å². The van der Waals surface area contributed by atoms with Crippen molar-refractivity contribution in [3.8, 4) is 0 Å². The average Bonchev–Trinajstić information content (AvgIpc) is 2.67. The zero-order chi connectivity index (χ0) is 9.80. The first-order valence-electron chi connectivity index (χ1n) is 5.25. The van der Waals surface area contributed by atoms with Crippen LogP contribution in [0.1, 0.15) is 32.1 Å². The second-order valence-electron chi connectivity index (χ2n) is 3.75. The Hall–Kier alpha value is -1.26. The lowest BCUT2D eigenvalue weighted by Crippen LogP contribution is -2.22. The van der Waals surface area contributed by atoms with Gasteiger partial charge >= 0.3 is 0 Å². The zero-order valence-corrected chi connectivity index (χ0v) is 8.51. The van der Waals surface area contributed by atoms with E-state index in [2.05, 4.69) is 25.8 Å². The van der Waals surface area contributed by atoms with E-state index in [4.69, 9.17) is 0 Å². The Bertz CT molecular complexity index is 276. The molecule has 1 aromatic heterocycles. The van der Waals surface area contributed by atoms with Crippen LogP contribution in [0.25, 0.3) is 0 Å². The second-order valence-corrected chi connectivity index (χ2v) is 3.75. The van der Waals surface area contributed by atoms with Gasteiger partial charge in [-0.15, -0.1) is 10.2 Å². The number of rotatable bonds is 3. The van der Waals surface area contributed by atoms with Gasteiger partial charge in [-0.05, 0) is 12.8 Å². The number of nitrogens with one attached hydrogen (secondary N) is 3. The lowest BCUT2D eigenvalue weighted by molar-refractivity contribution is 0.461. The van der Waals surface area contributed by atoms with Gasteiger partial charge in [-0.1, -0.05) is 19.3 Å². The van der Waals surface area contributed by atoms with Crippen molar-refractivity contribution in [2.45, 2.75) is 38.1 Å². The van der Waals surface area contributed by atoms with Crippen LogP contribution in [0.3, 0.4) is 0 Å². The molecule has 1 fully saturated rings. The molecule has 1 saturated carbocycles. The highest BCUT2D eigenvalue weighted by molar-refractivity contribution is 5.33. The van der Waals surface area contributed by atoms with E-state index < -0.39 is 0 Å². The average molecular weight is 195 g/mol. The van der Waals surface area contributed by atoms with Gasteiger partial charge in [0.15, 0.2) is 0 Å². The third kappa shape index (κ3) is 2.16. The van der Waals surface area contributed by atoms with Crippen molar-refractivity contribution in [3.05, 3.63) is 0 Å². The molecule has 1 heterocycles. The smallest absolute Gasteiger partial charge is 0.223 e. The summed E-state index contributed by atoms with van der Waals surface area (Å²) >= 11 is 0.